The van der Waals surface area contributed by atoms with Gasteiger partial charge in [-0.1, -0.05) is 6.42 Å². The zero-order valence-electron chi connectivity index (χ0n) is 16.2. The summed E-state index contributed by atoms with van der Waals surface area (Å²) in [6.07, 6.45) is 0.795. The average molecular weight is 400 g/mol. The molecule has 28 heavy (non-hydrogen) atoms. The Balaban J connectivity index is 1.48. The number of rotatable bonds is 7. The highest BCUT2D eigenvalue weighted by atomic mass is 19.4. The molecule has 0 aromatic carbocycles. The van der Waals surface area contributed by atoms with E-state index >= 15 is 0 Å². The molecular formula is C19H27F3N4O2. The molecule has 0 aliphatic heterocycles. The lowest BCUT2D eigenvalue weighted by Crippen LogP contribution is -2.55. The molecule has 2 saturated carbocycles. The predicted octanol–water partition coefficient (Wildman–Crippen LogP) is 3.08. The molecule has 2 aliphatic rings. The molecule has 2 amide bonds. The molecule has 1 unspecified atom stereocenters. The van der Waals surface area contributed by atoms with Crippen LogP contribution in [0.3, 0.4) is 0 Å². The summed E-state index contributed by atoms with van der Waals surface area (Å²) in [5, 5.41) is 5.69. The summed E-state index contributed by atoms with van der Waals surface area (Å²) in [6.45, 7) is -0.119. The van der Waals surface area contributed by atoms with E-state index < -0.39 is 12.3 Å². The van der Waals surface area contributed by atoms with Crippen LogP contribution >= 0.6 is 0 Å². The van der Waals surface area contributed by atoms with Gasteiger partial charge in [0, 0.05) is 31.4 Å². The van der Waals surface area contributed by atoms with Crippen molar-refractivity contribution in [2.45, 2.75) is 57.0 Å². The Morgan fingerprint density at radius 3 is 2.68 bits per heavy atom. The zero-order valence-corrected chi connectivity index (χ0v) is 16.2. The van der Waals surface area contributed by atoms with Gasteiger partial charge in [0.1, 0.15) is 0 Å². The molecule has 156 valence electrons. The maximum absolute atomic E-state index is 13.1. The van der Waals surface area contributed by atoms with Gasteiger partial charge >= 0.3 is 12.2 Å². The number of alkyl halides is 3. The van der Waals surface area contributed by atoms with Crippen LogP contribution in [0.15, 0.2) is 18.3 Å². The van der Waals surface area contributed by atoms with Gasteiger partial charge in [0.05, 0.1) is 0 Å². The van der Waals surface area contributed by atoms with Crippen molar-refractivity contribution in [2.75, 3.05) is 20.6 Å². The minimum Gasteiger partial charge on any atom is -0.463 e. The van der Waals surface area contributed by atoms with E-state index in [1.807, 2.05) is 0 Å². The number of carbonyl (C=O) groups is 1. The number of carbonyl (C=O) groups excluding carboxylic acids is 1. The quantitative estimate of drug-likeness (QED) is 0.738. The van der Waals surface area contributed by atoms with Crippen molar-refractivity contribution in [1.29, 1.82) is 0 Å². The van der Waals surface area contributed by atoms with Crippen LogP contribution in [-0.4, -0.2) is 54.9 Å². The van der Waals surface area contributed by atoms with E-state index in [4.69, 9.17) is 4.74 Å². The largest absolute Gasteiger partial charge is 0.463 e. The Bertz CT molecular complexity index is 684. The molecular weight excluding hydrogens is 373 g/mol. The van der Waals surface area contributed by atoms with Crippen LogP contribution in [-0.2, 0) is 6.54 Å². The number of aromatic nitrogens is 1. The number of hydrogen-bond acceptors (Lipinski definition) is 4. The fourth-order valence-electron chi connectivity index (χ4n) is 3.90. The molecule has 6 nitrogen and oxygen atoms in total. The molecule has 3 rings (SSSR count). The van der Waals surface area contributed by atoms with E-state index in [2.05, 4.69) is 15.6 Å². The van der Waals surface area contributed by atoms with Gasteiger partial charge in [0.25, 0.3) is 0 Å². The topological polar surface area (TPSA) is 66.5 Å². The van der Waals surface area contributed by atoms with E-state index in [1.54, 1.807) is 20.2 Å². The third-order valence-corrected chi connectivity index (χ3v) is 5.52. The van der Waals surface area contributed by atoms with Crippen LogP contribution < -0.4 is 15.4 Å². The molecule has 0 bridgehead atoms. The third-order valence-electron chi connectivity index (χ3n) is 5.52. The molecule has 1 aromatic heterocycles. The Hall–Kier alpha value is -2.03. The SMILES string of the molecule is CN(C)CC(Oc1cc(CNC(=O)NC2CC3(CCC3)C2)ccn1)C(F)(F)F. The van der Waals surface area contributed by atoms with Crippen molar-refractivity contribution >= 4 is 6.03 Å². The number of likely N-dealkylation sites (N-methyl/N-ethyl adjacent to an activating group) is 1. The lowest BCUT2D eigenvalue weighted by Gasteiger charge is -2.54. The fraction of sp³-hybridized carbons (Fsp3) is 0.684. The van der Waals surface area contributed by atoms with E-state index in [0.29, 0.717) is 11.0 Å². The van der Waals surface area contributed by atoms with Crippen LogP contribution in [0.4, 0.5) is 18.0 Å². The minimum atomic E-state index is -4.50. The second kappa shape index (κ2) is 8.14. The molecule has 0 saturated heterocycles. The van der Waals surface area contributed by atoms with Crippen molar-refractivity contribution < 1.29 is 22.7 Å². The first-order chi connectivity index (χ1) is 13.2. The number of hydrogen-bond donors (Lipinski definition) is 2. The molecule has 9 heteroatoms. The number of urea groups is 1. The highest BCUT2D eigenvalue weighted by Gasteiger charge is 2.48. The van der Waals surface area contributed by atoms with Crippen molar-refractivity contribution in [3.8, 4) is 5.88 Å². The van der Waals surface area contributed by atoms with Gasteiger partial charge in [-0.15, -0.1) is 0 Å². The molecule has 1 aromatic rings. The smallest absolute Gasteiger partial charge is 0.426 e. The van der Waals surface area contributed by atoms with E-state index in [9.17, 15) is 18.0 Å². The van der Waals surface area contributed by atoms with Gasteiger partial charge in [-0.05, 0) is 56.8 Å². The summed E-state index contributed by atoms with van der Waals surface area (Å²) < 4.78 is 44.4. The van der Waals surface area contributed by atoms with Gasteiger partial charge in [0.2, 0.25) is 12.0 Å². The summed E-state index contributed by atoms with van der Waals surface area (Å²) in [4.78, 5) is 17.3. The maximum Gasteiger partial charge on any atom is 0.426 e. The Morgan fingerprint density at radius 1 is 1.39 bits per heavy atom. The average Bonchev–Trinajstić information content (AvgIpc) is 2.52. The van der Waals surface area contributed by atoms with Gasteiger partial charge in [-0.3, -0.25) is 0 Å². The monoisotopic (exact) mass is 400 g/mol. The minimum absolute atomic E-state index is 0.116. The normalized spacial score (nSPS) is 19.6. The summed E-state index contributed by atoms with van der Waals surface area (Å²) in [7, 11) is 3.09. The van der Waals surface area contributed by atoms with Crippen LogP contribution in [0.5, 0.6) is 5.88 Å². The number of halogens is 3. The molecule has 2 aliphatic carbocycles. The molecule has 1 heterocycles. The molecule has 1 spiro atoms. The highest BCUT2D eigenvalue weighted by molar-refractivity contribution is 5.74. The van der Waals surface area contributed by atoms with Crippen molar-refractivity contribution in [3.63, 3.8) is 0 Å². The number of nitrogens with zero attached hydrogens (tertiary/aromatic N) is 2. The Kier molecular flexibility index (Phi) is 6.02. The Morgan fingerprint density at radius 2 is 2.11 bits per heavy atom. The molecule has 2 N–H and O–H groups in total. The van der Waals surface area contributed by atoms with E-state index in [-0.39, 0.29) is 31.0 Å². The van der Waals surface area contributed by atoms with Crippen molar-refractivity contribution in [3.05, 3.63) is 23.9 Å². The van der Waals surface area contributed by atoms with E-state index in [1.165, 1.54) is 36.4 Å². The van der Waals surface area contributed by atoms with Gasteiger partial charge in [-0.2, -0.15) is 13.2 Å². The summed E-state index contributed by atoms with van der Waals surface area (Å²) in [5.74, 6) is -0.116. The van der Waals surface area contributed by atoms with Crippen LogP contribution in [0.25, 0.3) is 0 Å². The van der Waals surface area contributed by atoms with Crippen molar-refractivity contribution in [1.82, 2.24) is 20.5 Å². The summed E-state index contributed by atoms with van der Waals surface area (Å²) >= 11 is 0. The van der Waals surface area contributed by atoms with Crippen LogP contribution in [0, 0.1) is 5.41 Å². The van der Waals surface area contributed by atoms with Crippen LogP contribution in [0.2, 0.25) is 0 Å². The maximum atomic E-state index is 13.1. The molecule has 1 atom stereocenters. The third kappa shape index (κ3) is 5.27. The first kappa shape index (κ1) is 20.7. The predicted molar refractivity (Wildman–Crippen MR) is 97.9 cm³/mol. The highest BCUT2D eigenvalue weighted by Crippen LogP contribution is 2.55. The zero-order chi connectivity index (χ0) is 20.4. The Labute approximate surface area is 162 Å². The molecule has 0 radical (unpaired) electrons. The first-order valence-electron chi connectivity index (χ1n) is 9.53. The van der Waals surface area contributed by atoms with Crippen LogP contribution in [0.1, 0.15) is 37.7 Å². The number of pyridine rings is 1. The second-order valence-corrected chi connectivity index (χ2v) is 8.20. The fourth-order valence-corrected chi connectivity index (χ4v) is 3.90. The molecule has 2 fully saturated rings. The van der Waals surface area contributed by atoms with Crippen molar-refractivity contribution in [2.24, 2.45) is 5.41 Å². The second-order valence-electron chi connectivity index (χ2n) is 8.20. The lowest BCUT2D eigenvalue weighted by atomic mass is 9.54. The number of amides is 2. The number of ether oxygens (including phenoxy) is 1. The summed E-state index contributed by atoms with van der Waals surface area (Å²) in [6, 6.07) is 3.00. The summed E-state index contributed by atoms with van der Waals surface area (Å²) in [5.41, 5.74) is 1.10. The van der Waals surface area contributed by atoms with E-state index in [0.717, 1.165) is 12.8 Å². The first-order valence-corrected chi connectivity index (χ1v) is 9.53. The van der Waals surface area contributed by atoms with Gasteiger partial charge in [0.15, 0.2) is 0 Å². The van der Waals surface area contributed by atoms with Gasteiger partial charge in [-0.25, -0.2) is 9.78 Å². The number of nitrogens with one attached hydrogen (secondary N) is 2. The lowest BCUT2D eigenvalue weighted by molar-refractivity contribution is -0.198. The van der Waals surface area contributed by atoms with Gasteiger partial charge < -0.3 is 20.3 Å². The standard InChI is InChI=1S/C19H27F3N4O2/c1-26(2)12-15(19(20,21)22)28-16-8-13(4-7-23-16)11-24-17(27)25-14-9-18(10-14)5-3-6-18/h4,7-8,14-15H,3,5-6,9-12H2,1-2H3,(H2,24,25,27).